The van der Waals surface area contributed by atoms with Crippen LogP contribution in [0, 0.1) is 5.92 Å². The van der Waals surface area contributed by atoms with Crippen molar-refractivity contribution in [2.75, 3.05) is 49.7 Å². The Morgan fingerprint density at radius 2 is 1.96 bits per heavy atom. The van der Waals surface area contributed by atoms with E-state index in [2.05, 4.69) is 15.6 Å². The summed E-state index contributed by atoms with van der Waals surface area (Å²) in [5.74, 6) is -1.44. The molecular formula is C36H47FN6O6Si. The number of unbranched alkanes of at least 4 members (excludes halogenated alkanes) is 1. The summed E-state index contributed by atoms with van der Waals surface area (Å²) in [5.41, 5.74) is 1.60. The number of aliphatic hydroxyl groups excluding tert-OH is 1. The van der Waals surface area contributed by atoms with E-state index >= 15 is 4.11 Å². The molecule has 5 atom stereocenters. The van der Waals surface area contributed by atoms with Crippen LogP contribution in [0.4, 0.5) is 15.5 Å². The van der Waals surface area contributed by atoms with E-state index in [9.17, 15) is 19.5 Å². The number of piperazine rings is 1. The largest absolute Gasteiger partial charge is 0.469 e. The van der Waals surface area contributed by atoms with Crippen molar-refractivity contribution in [2.45, 2.75) is 75.4 Å². The third-order valence-corrected chi connectivity index (χ3v) is 13.0. The van der Waals surface area contributed by atoms with Crippen molar-refractivity contribution in [3.63, 3.8) is 0 Å². The van der Waals surface area contributed by atoms with Crippen LogP contribution in [-0.2, 0) is 36.0 Å². The number of aromatic nitrogens is 3. The lowest BCUT2D eigenvalue weighted by Gasteiger charge is -2.32. The first kappa shape index (κ1) is 35.8. The number of aryl methyl sites for hydroxylation is 1. The first-order valence-corrected chi connectivity index (χ1v) is 20.4. The highest BCUT2D eigenvalue weighted by molar-refractivity contribution is 6.72. The molecule has 3 aromatic rings. The fourth-order valence-electron chi connectivity index (χ4n) is 8.11. The van der Waals surface area contributed by atoms with Crippen LogP contribution in [0.1, 0.15) is 55.3 Å². The number of hydrogen-bond acceptors (Lipinski definition) is 9. The molecule has 2 aromatic carbocycles. The molecule has 6 rings (SSSR count). The van der Waals surface area contributed by atoms with Crippen LogP contribution in [0.2, 0.25) is 18.6 Å². The Morgan fingerprint density at radius 1 is 1.18 bits per heavy atom. The van der Waals surface area contributed by atoms with Crippen LogP contribution >= 0.6 is 0 Å². The predicted octanol–water partition coefficient (Wildman–Crippen LogP) is 3.89. The zero-order chi connectivity index (χ0) is 35.6. The molecule has 2 fully saturated rings. The zero-order valence-corrected chi connectivity index (χ0v) is 30.2. The lowest BCUT2D eigenvalue weighted by Crippen LogP contribution is -2.48. The second-order valence-corrected chi connectivity index (χ2v) is 17.8. The van der Waals surface area contributed by atoms with Gasteiger partial charge in [0.05, 0.1) is 43.7 Å². The summed E-state index contributed by atoms with van der Waals surface area (Å²) in [7, 11) is -2.07. The van der Waals surface area contributed by atoms with Crippen molar-refractivity contribution in [1.29, 1.82) is 0 Å². The number of carbonyl (C=O) groups is 3. The molecule has 0 saturated carbocycles. The maximum absolute atomic E-state index is 16.4. The quantitative estimate of drug-likeness (QED) is 0.117. The number of halogens is 1. The van der Waals surface area contributed by atoms with Gasteiger partial charge in [0.1, 0.15) is 0 Å². The topological polar surface area (TPSA) is 139 Å². The second kappa shape index (κ2) is 14.7. The van der Waals surface area contributed by atoms with Gasteiger partial charge in [0.15, 0.2) is 5.60 Å². The first-order valence-electron chi connectivity index (χ1n) is 17.5. The Morgan fingerprint density at radius 3 is 2.66 bits per heavy atom. The lowest BCUT2D eigenvalue weighted by molar-refractivity contribution is -0.146. The Bertz CT molecular complexity index is 1700. The van der Waals surface area contributed by atoms with Gasteiger partial charge in [0.25, 0.3) is 5.91 Å². The molecule has 1 aromatic heterocycles. The summed E-state index contributed by atoms with van der Waals surface area (Å²) in [4.78, 5) is 42.8. The first-order chi connectivity index (χ1) is 24.0. The van der Waals surface area contributed by atoms with Gasteiger partial charge in [0.2, 0.25) is 14.3 Å². The van der Waals surface area contributed by atoms with E-state index in [1.165, 1.54) is 7.11 Å². The molecule has 12 nitrogen and oxygen atoms in total. The molecule has 2 saturated heterocycles. The van der Waals surface area contributed by atoms with Crippen LogP contribution in [0.3, 0.4) is 0 Å². The summed E-state index contributed by atoms with van der Waals surface area (Å²) >= 11 is 0. The SMILES string of the molecule is COC(=O)CCCCN1C(=O)[C@@]2(O[C@@H](CCn3cc(C(CO)c4ccccc4)nn3)[C@H]([Si](C)(C)F)[C@H]2C)c2cc(N3CCNCC3=O)ccc21. The maximum Gasteiger partial charge on any atom is 0.305 e. The van der Waals surface area contributed by atoms with E-state index in [0.29, 0.717) is 68.1 Å². The van der Waals surface area contributed by atoms with Gasteiger partial charge in [-0.25, -0.2) is 0 Å². The fraction of sp³-hybridized carbons (Fsp3) is 0.528. The van der Waals surface area contributed by atoms with Gasteiger partial charge in [-0.15, -0.1) is 5.10 Å². The van der Waals surface area contributed by atoms with Crippen LogP contribution in [0.5, 0.6) is 0 Å². The van der Waals surface area contributed by atoms with Gasteiger partial charge >= 0.3 is 5.97 Å². The standard InChI is InChI=1S/C36H47FN6O6Si/c1-24-34(50(3,4)37)31(15-18-41-22-29(39-40-41)27(23-44)25-10-6-5-7-11-25)49-36(24)28-20-26(42-19-16-38-21-32(42)45)13-14-30(28)43(35(36)47)17-9-8-12-33(46)48-2/h5-7,10-11,13-14,20,22,24,27,31,34,38,44H,8-9,12,15-19,21,23H2,1-4H3/t24-,27?,31+,34-,36+/m1/s1. The summed E-state index contributed by atoms with van der Waals surface area (Å²) in [6, 6.07) is 15.2. The molecule has 3 aliphatic rings. The third-order valence-electron chi connectivity index (χ3n) is 10.5. The Hall–Kier alpha value is -3.98. The maximum atomic E-state index is 16.4. The lowest BCUT2D eigenvalue weighted by atomic mass is 9.82. The van der Waals surface area contributed by atoms with Crippen molar-refractivity contribution < 1.29 is 33.1 Å². The van der Waals surface area contributed by atoms with E-state index in [4.69, 9.17) is 9.47 Å². The minimum absolute atomic E-state index is 0.0643. The molecule has 0 radical (unpaired) electrons. The number of benzene rings is 2. The van der Waals surface area contributed by atoms with Crippen LogP contribution < -0.4 is 15.1 Å². The Kier molecular flexibility index (Phi) is 10.5. The molecular weight excluding hydrogens is 660 g/mol. The van der Waals surface area contributed by atoms with Gasteiger partial charge < -0.3 is 33.8 Å². The minimum atomic E-state index is -3.42. The Labute approximate surface area is 293 Å². The van der Waals surface area contributed by atoms with Crippen molar-refractivity contribution in [3.05, 3.63) is 71.5 Å². The fourth-order valence-corrected chi connectivity index (χ4v) is 10.7. The number of hydrogen-bond donors (Lipinski definition) is 2. The zero-order valence-electron chi connectivity index (χ0n) is 29.2. The van der Waals surface area contributed by atoms with E-state index in [1.807, 2.05) is 55.5 Å². The highest BCUT2D eigenvalue weighted by atomic mass is 28.4. The minimum Gasteiger partial charge on any atom is -0.469 e. The molecule has 2 N–H and O–H groups in total. The number of fused-ring (bicyclic) bond motifs is 2. The number of rotatable bonds is 13. The smallest absolute Gasteiger partial charge is 0.305 e. The van der Waals surface area contributed by atoms with Crippen molar-refractivity contribution in [2.24, 2.45) is 5.92 Å². The van der Waals surface area contributed by atoms with Crippen molar-refractivity contribution >= 4 is 37.6 Å². The molecule has 268 valence electrons. The highest BCUT2D eigenvalue weighted by Crippen LogP contribution is 2.60. The van der Waals surface area contributed by atoms with E-state index in [0.717, 1.165) is 5.56 Å². The van der Waals surface area contributed by atoms with Gasteiger partial charge in [-0.05, 0) is 56.1 Å². The number of carbonyl (C=O) groups excluding carboxylic acids is 3. The third kappa shape index (κ3) is 6.73. The van der Waals surface area contributed by atoms with Crippen molar-refractivity contribution in [3.8, 4) is 0 Å². The molecule has 2 amide bonds. The molecule has 0 aliphatic carbocycles. The van der Waals surface area contributed by atoms with E-state index < -0.39 is 31.6 Å². The van der Waals surface area contributed by atoms with E-state index in [1.54, 1.807) is 33.8 Å². The summed E-state index contributed by atoms with van der Waals surface area (Å²) < 4.78 is 29.9. The molecule has 3 aliphatic heterocycles. The number of nitrogens with one attached hydrogen (secondary N) is 1. The van der Waals surface area contributed by atoms with Crippen LogP contribution in [0.25, 0.3) is 0 Å². The van der Waals surface area contributed by atoms with Gasteiger partial charge in [-0.1, -0.05) is 42.5 Å². The average Bonchev–Trinajstić information content (AvgIpc) is 3.76. The van der Waals surface area contributed by atoms with Gasteiger partial charge in [0, 0.05) is 61.5 Å². The molecule has 50 heavy (non-hydrogen) atoms. The average molecular weight is 707 g/mol. The van der Waals surface area contributed by atoms with E-state index in [-0.39, 0.29) is 43.3 Å². The molecule has 0 bridgehead atoms. The van der Waals surface area contributed by atoms with Gasteiger partial charge in [-0.2, -0.15) is 0 Å². The van der Waals surface area contributed by atoms with Crippen LogP contribution in [0.15, 0.2) is 54.7 Å². The second-order valence-electron chi connectivity index (χ2n) is 14.0. The number of nitrogens with zero attached hydrogens (tertiary/aromatic N) is 5. The van der Waals surface area contributed by atoms with Crippen LogP contribution in [-0.4, -0.2) is 92.3 Å². The predicted molar refractivity (Wildman–Crippen MR) is 188 cm³/mol. The number of amides is 2. The normalized spacial score (nSPS) is 24.2. The number of methoxy groups -OCH3 is 1. The van der Waals surface area contributed by atoms with Gasteiger partial charge in [-0.3, -0.25) is 19.1 Å². The Balaban J connectivity index is 1.31. The van der Waals surface area contributed by atoms with Crippen molar-refractivity contribution in [1.82, 2.24) is 20.3 Å². The summed E-state index contributed by atoms with van der Waals surface area (Å²) in [6.45, 7) is 7.22. The molecule has 14 heteroatoms. The number of ether oxygens (including phenoxy) is 2. The summed E-state index contributed by atoms with van der Waals surface area (Å²) in [6.07, 6.45) is 2.95. The molecule has 1 spiro atoms. The monoisotopic (exact) mass is 706 g/mol. The summed E-state index contributed by atoms with van der Waals surface area (Å²) in [5, 5.41) is 21.9. The highest BCUT2D eigenvalue weighted by Gasteiger charge is 2.66. The molecule has 4 heterocycles. The number of anilines is 2. The molecule has 1 unspecified atom stereocenters. The number of esters is 1. The number of aliphatic hydroxyl groups is 1.